The van der Waals surface area contributed by atoms with Gasteiger partial charge in [-0.2, -0.15) is 0 Å². The third kappa shape index (κ3) is 4.80. The SMILES string of the molecule is COc1cc(-c2cc(=O)c3cc(OC(=O)COc4ccccc4)ccc3o2)cc(OC)c1OC. The van der Waals surface area contributed by atoms with Gasteiger partial charge in [-0.05, 0) is 42.5 Å². The van der Waals surface area contributed by atoms with E-state index in [-0.39, 0.29) is 23.2 Å². The smallest absolute Gasteiger partial charge is 0.349 e. The number of benzene rings is 3. The zero-order valence-electron chi connectivity index (χ0n) is 18.8. The fraction of sp³-hybridized carbons (Fsp3) is 0.154. The number of carbonyl (C=O) groups excluding carboxylic acids is 1. The summed E-state index contributed by atoms with van der Waals surface area (Å²) < 4.78 is 32.7. The van der Waals surface area contributed by atoms with Crippen LogP contribution in [0.25, 0.3) is 22.3 Å². The molecule has 0 radical (unpaired) electrons. The van der Waals surface area contributed by atoms with Gasteiger partial charge in [0.1, 0.15) is 22.8 Å². The molecular weight excluding hydrogens is 440 g/mol. The molecule has 0 aliphatic heterocycles. The minimum Gasteiger partial charge on any atom is -0.493 e. The second kappa shape index (κ2) is 9.99. The van der Waals surface area contributed by atoms with E-state index < -0.39 is 5.97 Å². The molecule has 0 saturated heterocycles. The van der Waals surface area contributed by atoms with E-state index in [0.717, 1.165) is 0 Å². The molecule has 1 aromatic heterocycles. The Kier molecular flexibility index (Phi) is 6.68. The summed E-state index contributed by atoms with van der Waals surface area (Å²) in [4.78, 5) is 25.0. The van der Waals surface area contributed by atoms with Gasteiger partial charge in [-0.3, -0.25) is 4.79 Å². The van der Waals surface area contributed by atoms with E-state index >= 15 is 0 Å². The molecule has 0 saturated carbocycles. The molecule has 0 amide bonds. The van der Waals surface area contributed by atoms with Gasteiger partial charge in [0.15, 0.2) is 23.5 Å². The molecule has 0 unspecified atom stereocenters. The van der Waals surface area contributed by atoms with Crippen LogP contribution in [0, 0.1) is 0 Å². The molecule has 0 spiro atoms. The number of carbonyl (C=O) groups is 1. The average molecular weight is 462 g/mol. The number of hydrogen-bond donors (Lipinski definition) is 0. The lowest BCUT2D eigenvalue weighted by molar-refractivity contribution is -0.136. The Morgan fingerprint density at radius 1 is 0.824 bits per heavy atom. The summed E-state index contributed by atoms with van der Waals surface area (Å²) in [6.07, 6.45) is 0. The predicted molar refractivity (Wildman–Crippen MR) is 125 cm³/mol. The predicted octanol–water partition coefficient (Wildman–Crippen LogP) is 4.47. The van der Waals surface area contributed by atoms with E-state index in [1.807, 2.05) is 6.07 Å². The summed E-state index contributed by atoms with van der Waals surface area (Å²) in [5, 5.41) is 0.269. The Labute approximate surface area is 195 Å². The second-order valence-electron chi connectivity index (χ2n) is 7.12. The van der Waals surface area contributed by atoms with Crippen molar-refractivity contribution in [1.82, 2.24) is 0 Å². The van der Waals surface area contributed by atoms with Crippen molar-refractivity contribution in [3.8, 4) is 40.1 Å². The third-order valence-electron chi connectivity index (χ3n) is 4.98. The average Bonchev–Trinajstić information content (AvgIpc) is 2.87. The fourth-order valence-electron chi connectivity index (χ4n) is 3.38. The largest absolute Gasteiger partial charge is 0.493 e. The molecule has 0 atom stereocenters. The first-order valence-electron chi connectivity index (χ1n) is 10.3. The first-order chi connectivity index (χ1) is 16.5. The monoisotopic (exact) mass is 462 g/mol. The molecule has 1 heterocycles. The maximum Gasteiger partial charge on any atom is 0.349 e. The summed E-state index contributed by atoms with van der Waals surface area (Å²) in [6.45, 7) is -0.267. The molecule has 34 heavy (non-hydrogen) atoms. The lowest BCUT2D eigenvalue weighted by atomic mass is 10.1. The highest BCUT2D eigenvalue weighted by atomic mass is 16.6. The van der Waals surface area contributed by atoms with Gasteiger partial charge in [-0.25, -0.2) is 4.79 Å². The molecule has 0 fully saturated rings. The quantitative estimate of drug-likeness (QED) is 0.280. The Bertz CT molecular complexity index is 1350. The molecule has 8 nitrogen and oxygen atoms in total. The summed E-state index contributed by atoms with van der Waals surface area (Å²) >= 11 is 0. The van der Waals surface area contributed by atoms with Gasteiger partial charge in [-0.1, -0.05) is 18.2 Å². The molecule has 3 aromatic carbocycles. The molecule has 174 valence electrons. The molecular formula is C26H22O8. The van der Waals surface area contributed by atoms with Crippen molar-refractivity contribution in [2.45, 2.75) is 0 Å². The summed E-state index contributed by atoms with van der Waals surface area (Å²) in [5.41, 5.74) is 0.599. The normalized spacial score (nSPS) is 10.6. The minimum absolute atomic E-state index is 0.210. The Hall–Kier alpha value is -4.46. The molecule has 4 rings (SSSR count). The molecule has 8 heteroatoms. The summed E-state index contributed by atoms with van der Waals surface area (Å²) in [6, 6.07) is 18.2. The van der Waals surface area contributed by atoms with Crippen LogP contribution >= 0.6 is 0 Å². The lowest BCUT2D eigenvalue weighted by Crippen LogP contribution is -2.17. The van der Waals surface area contributed by atoms with Crippen LogP contribution < -0.4 is 29.1 Å². The van der Waals surface area contributed by atoms with E-state index in [2.05, 4.69) is 0 Å². The number of ether oxygens (including phenoxy) is 5. The van der Waals surface area contributed by atoms with Crippen molar-refractivity contribution < 1.29 is 32.9 Å². The van der Waals surface area contributed by atoms with Crippen LogP contribution in [0.5, 0.6) is 28.7 Å². The third-order valence-corrected chi connectivity index (χ3v) is 4.98. The standard InChI is InChI=1S/C26H22O8/c1-29-23-11-16(12-24(30-2)26(23)31-3)22-14-20(27)19-13-18(9-10-21(19)34-22)33-25(28)15-32-17-7-5-4-6-8-17/h4-14H,15H2,1-3H3. The van der Waals surface area contributed by atoms with Crippen molar-refractivity contribution in [2.75, 3.05) is 27.9 Å². The van der Waals surface area contributed by atoms with Crippen LogP contribution in [0.4, 0.5) is 0 Å². The van der Waals surface area contributed by atoms with E-state index in [4.69, 9.17) is 28.1 Å². The number of hydrogen-bond acceptors (Lipinski definition) is 8. The van der Waals surface area contributed by atoms with E-state index in [1.165, 1.54) is 33.5 Å². The van der Waals surface area contributed by atoms with Crippen molar-refractivity contribution in [1.29, 1.82) is 0 Å². The Morgan fingerprint density at radius 2 is 1.53 bits per heavy atom. The highest BCUT2D eigenvalue weighted by Crippen LogP contribution is 2.41. The molecule has 0 aliphatic carbocycles. The van der Waals surface area contributed by atoms with E-state index in [1.54, 1.807) is 48.5 Å². The van der Waals surface area contributed by atoms with Crippen LogP contribution in [-0.2, 0) is 4.79 Å². The first kappa shape index (κ1) is 22.7. The van der Waals surface area contributed by atoms with Gasteiger partial charge in [0, 0.05) is 11.6 Å². The van der Waals surface area contributed by atoms with Crippen LogP contribution in [0.2, 0.25) is 0 Å². The number of methoxy groups -OCH3 is 3. The first-order valence-corrected chi connectivity index (χ1v) is 10.3. The maximum absolute atomic E-state index is 12.8. The van der Waals surface area contributed by atoms with Crippen LogP contribution in [-0.4, -0.2) is 33.9 Å². The zero-order valence-corrected chi connectivity index (χ0v) is 18.8. The maximum atomic E-state index is 12.8. The minimum atomic E-state index is -0.596. The van der Waals surface area contributed by atoms with Crippen LogP contribution in [0.3, 0.4) is 0 Å². The van der Waals surface area contributed by atoms with Gasteiger partial charge in [0.25, 0.3) is 0 Å². The second-order valence-corrected chi connectivity index (χ2v) is 7.12. The van der Waals surface area contributed by atoms with Gasteiger partial charge in [0.05, 0.1) is 26.7 Å². The number of para-hydroxylation sites is 1. The van der Waals surface area contributed by atoms with Gasteiger partial charge < -0.3 is 28.1 Å². The number of esters is 1. The number of rotatable bonds is 8. The van der Waals surface area contributed by atoms with Crippen molar-refractivity contribution >= 4 is 16.9 Å². The van der Waals surface area contributed by atoms with E-state index in [9.17, 15) is 9.59 Å². The van der Waals surface area contributed by atoms with Gasteiger partial charge in [-0.15, -0.1) is 0 Å². The highest BCUT2D eigenvalue weighted by molar-refractivity contribution is 5.82. The summed E-state index contributed by atoms with van der Waals surface area (Å²) in [7, 11) is 4.52. The Balaban J connectivity index is 1.59. The molecule has 0 N–H and O–H groups in total. The van der Waals surface area contributed by atoms with Crippen LogP contribution in [0.15, 0.2) is 75.9 Å². The van der Waals surface area contributed by atoms with Crippen molar-refractivity contribution in [3.63, 3.8) is 0 Å². The van der Waals surface area contributed by atoms with Gasteiger partial charge >= 0.3 is 5.97 Å². The zero-order chi connectivity index (χ0) is 24.1. The van der Waals surface area contributed by atoms with Gasteiger partial charge in [0.2, 0.25) is 5.75 Å². The number of fused-ring (bicyclic) bond motifs is 1. The molecule has 0 aliphatic rings. The van der Waals surface area contributed by atoms with Crippen molar-refractivity contribution in [2.24, 2.45) is 0 Å². The summed E-state index contributed by atoms with van der Waals surface area (Å²) in [5.74, 6) is 1.78. The molecule has 4 aromatic rings. The topological polar surface area (TPSA) is 93.4 Å². The van der Waals surface area contributed by atoms with E-state index in [0.29, 0.717) is 39.9 Å². The Morgan fingerprint density at radius 3 is 2.18 bits per heavy atom. The fourth-order valence-corrected chi connectivity index (χ4v) is 3.38. The van der Waals surface area contributed by atoms with Crippen molar-refractivity contribution in [3.05, 3.63) is 77.0 Å². The van der Waals surface area contributed by atoms with Crippen LogP contribution in [0.1, 0.15) is 0 Å². The molecule has 0 bridgehead atoms. The highest BCUT2D eigenvalue weighted by Gasteiger charge is 2.17. The lowest BCUT2D eigenvalue weighted by Gasteiger charge is -2.14.